The van der Waals surface area contributed by atoms with Gasteiger partial charge in [0.1, 0.15) is 12.4 Å². The molecule has 0 radical (unpaired) electrons. The molecular formula is C12H11N5O2. The van der Waals surface area contributed by atoms with E-state index in [-0.39, 0.29) is 18.3 Å². The normalized spacial score (nSPS) is 13.9. The molecule has 0 spiro atoms. The molecule has 1 aromatic heterocycles. The Bertz CT molecular complexity index is 664. The number of para-hydroxylation sites is 2. The predicted molar refractivity (Wildman–Crippen MR) is 67.9 cm³/mol. The van der Waals surface area contributed by atoms with Crippen molar-refractivity contribution in [2.45, 2.75) is 6.92 Å². The molecule has 0 saturated carbocycles. The van der Waals surface area contributed by atoms with E-state index in [2.05, 4.69) is 20.5 Å². The van der Waals surface area contributed by atoms with E-state index in [1.165, 1.54) is 4.90 Å². The quantitative estimate of drug-likeness (QED) is 0.787. The van der Waals surface area contributed by atoms with Crippen LogP contribution >= 0.6 is 0 Å². The second-order valence-corrected chi connectivity index (χ2v) is 4.20. The van der Waals surface area contributed by atoms with Gasteiger partial charge in [0.25, 0.3) is 5.91 Å². The Morgan fingerprint density at radius 1 is 1.37 bits per heavy atom. The van der Waals surface area contributed by atoms with Gasteiger partial charge >= 0.3 is 0 Å². The van der Waals surface area contributed by atoms with E-state index in [0.29, 0.717) is 17.2 Å². The number of hydrogen-bond acceptors (Lipinski definition) is 4. The molecule has 3 rings (SSSR count). The smallest absolute Gasteiger partial charge is 0.298 e. The number of hydrogen-bond donors (Lipinski definition) is 2. The number of aryl methyl sites for hydroxylation is 1. The number of benzene rings is 1. The average molecular weight is 257 g/mol. The fraction of sp³-hybridized carbons (Fsp3) is 0.167. The van der Waals surface area contributed by atoms with Crippen molar-refractivity contribution < 1.29 is 9.59 Å². The maximum atomic E-state index is 12.3. The van der Waals surface area contributed by atoms with Crippen LogP contribution in [0.1, 0.15) is 16.4 Å². The van der Waals surface area contributed by atoms with E-state index in [1.54, 1.807) is 31.2 Å². The molecule has 0 fully saturated rings. The summed E-state index contributed by atoms with van der Waals surface area (Å²) in [6.45, 7) is 1.67. The SMILES string of the molecule is Cc1nc(C(=O)N2CC(=O)Nc3ccccc32)n[nH]1. The first-order chi connectivity index (χ1) is 9.15. The minimum absolute atomic E-state index is 0.0383. The zero-order chi connectivity index (χ0) is 13.4. The standard InChI is InChI=1S/C12H11N5O2/c1-7-13-11(16-15-7)12(19)17-6-10(18)14-8-4-2-3-5-9(8)17/h2-5H,6H2,1H3,(H,14,18)(H,13,15,16). The summed E-state index contributed by atoms with van der Waals surface area (Å²) in [6, 6.07) is 7.12. The van der Waals surface area contributed by atoms with Crippen LogP contribution in [0.25, 0.3) is 0 Å². The first-order valence-corrected chi connectivity index (χ1v) is 5.75. The van der Waals surface area contributed by atoms with Crippen molar-refractivity contribution in [2.75, 3.05) is 16.8 Å². The van der Waals surface area contributed by atoms with Crippen LogP contribution in [0.3, 0.4) is 0 Å². The van der Waals surface area contributed by atoms with Crippen LogP contribution in [0.4, 0.5) is 11.4 Å². The summed E-state index contributed by atoms with van der Waals surface area (Å²) < 4.78 is 0. The van der Waals surface area contributed by atoms with Gasteiger partial charge < -0.3 is 5.32 Å². The van der Waals surface area contributed by atoms with E-state index in [9.17, 15) is 9.59 Å². The summed E-state index contributed by atoms with van der Waals surface area (Å²) in [5, 5.41) is 9.16. The topological polar surface area (TPSA) is 91.0 Å². The van der Waals surface area contributed by atoms with Crippen LogP contribution in [-0.4, -0.2) is 33.5 Å². The van der Waals surface area contributed by atoms with Gasteiger partial charge in [-0.05, 0) is 19.1 Å². The number of fused-ring (bicyclic) bond motifs is 1. The molecule has 2 amide bonds. The number of rotatable bonds is 1. The summed E-state index contributed by atoms with van der Waals surface area (Å²) in [7, 11) is 0. The Balaban J connectivity index is 2.01. The zero-order valence-electron chi connectivity index (χ0n) is 10.2. The van der Waals surface area contributed by atoms with Crippen LogP contribution in [0, 0.1) is 6.92 Å². The van der Waals surface area contributed by atoms with E-state index in [4.69, 9.17) is 0 Å². The molecule has 2 heterocycles. The number of anilines is 2. The largest absolute Gasteiger partial charge is 0.323 e. The summed E-state index contributed by atoms with van der Waals surface area (Å²) in [5.74, 6) is -0.0222. The van der Waals surface area contributed by atoms with Crippen molar-refractivity contribution in [3.05, 3.63) is 35.9 Å². The molecule has 0 unspecified atom stereocenters. The summed E-state index contributed by atoms with van der Waals surface area (Å²) >= 11 is 0. The van der Waals surface area contributed by atoms with Gasteiger partial charge in [0, 0.05) is 0 Å². The Hall–Kier alpha value is -2.70. The van der Waals surface area contributed by atoms with Gasteiger partial charge in [-0.2, -0.15) is 0 Å². The number of aromatic amines is 1. The number of H-pyrrole nitrogens is 1. The van der Waals surface area contributed by atoms with Crippen molar-refractivity contribution in [1.82, 2.24) is 15.2 Å². The lowest BCUT2D eigenvalue weighted by molar-refractivity contribution is -0.115. The monoisotopic (exact) mass is 257 g/mol. The van der Waals surface area contributed by atoms with Gasteiger partial charge in [-0.15, -0.1) is 5.10 Å². The minimum Gasteiger partial charge on any atom is -0.323 e. The average Bonchev–Trinajstić information content (AvgIpc) is 2.83. The van der Waals surface area contributed by atoms with Gasteiger partial charge in [-0.25, -0.2) is 4.98 Å². The van der Waals surface area contributed by atoms with Gasteiger partial charge in [-0.3, -0.25) is 19.6 Å². The van der Waals surface area contributed by atoms with Crippen molar-refractivity contribution >= 4 is 23.2 Å². The third kappa shape index (κ3) is 1.95. The van der Waals surface area contributed by atoms with Crippen LogP contribution in [-0.2, 0) is 4.79 Å². The fourth-order valence-electron chi connectivity index (χ4n) is 1.97. The lowest BCUT2D eigenvalue weighted by Gasteiger charge is -2.28. The minimum atomic E-state index is -0.397. The van der Waals surface area contributed by atoms with Gasteiger partial charge in [-0.1, -0.05) is 12.1 Å². The number of amides is 2. The highest BCUT2D eigenvalue weighted by molar-refractivity contribution is 6.13. The molecule has 7 nitrogen and oxygen atoms in total. The number of carbonyl (C=O) groups is 2. The van der Waals surface area contributed by atoms with Crippen LogP contribution in [0.15, 0.2) is 24.3 Å². The van der Waals surface area contributed by atoms with E-state index in [0.717, 1.165) is 0 Å². The van der Waals surface area contributed by atoms with E-state index in [1.807, 2.05) is 0 Å². The van der Waals surface area contributed by atoms with Crippen molar-refractivity contribution in [1.29, 1.82) is 0 Å². The van der Waals surface area contributed by atoms with E-state index >= 15 is 0 Å². The molecule has 1 aliphatic heterocycles. The van der Waals surface area contributed by atoms with Gasteiger partial charge in [0.05, 0.1) is 11.4 Å². The summed E-state index contributed by atoms with van der Waals surface area (Å²) in [4.78, 5) is 29.3. The highest BCUT2D eigenvalue weighted by Crippen LogP contribution is 2.29. The van der Waals surface area contributed by atoms with Gasteiger partial charge in [0.15, 0.2) is 0 Å². The Morgan fingerprint density at radius 3 is 2.89 bits per heavy atom. The molecule has 19 heavy (non-hydrogen) atoms. The van der Waals surface area contributed by atoms with Crippen LogP contribution in [0.2, 0.25) is 0 Å². The van der Waals surface area contributed by atoms with Gasteiger partial charge in [0.2, 0.25) is 11.7 Å². The number of aromatic nitrogens is 3. The molecular weight excluding hydrogens is 246 g/mol. The lowest BCUT2D eigenvalue weighted by atomic mass is 10.2. The second kappa shape index (κ2) is 4.20. The summed E-state index contributed by atoms with van der Waals surface area (Å²) in [5.41, 5.74) is 1.26. The molecule has 0 atom stereocenters. The number of nitrogens with one attached hydrogen (secondary N) is 2. The maximum absolute atomic E-state index is 12.3. The first kappa shape index (κ1) is 11.4. The Labute approximate surface area is 108 Å². The molecule has 7 heteroatoms. The molecule has 0 saturated heterocycles. The third-order valence-electron chi connectivity index (χ3n) is 2.80. The number of nitrogens with zero attached hydrogens (tertiary/aromatic N) is 3. The maximum Gasteiger partial charge on any atom is 0.298 e. The van der Waals surface area contributed by atoms with Crippen molar-refractivity contribution in [3.63, 3.8) is 0 Å². The molecule has 2 N–H and O–H groups in total. The second-order valence-electron chi connectivity index (χ2n) is 4.20. The molecule has 1 aromatic carbocycles. The lowest BCUT2D eigenvalue weighted by Crippen LogP contribution is -2.42. The molecule has 2 aromatic rings. The van der Waals surface area contributed by atoms with E-state index < -0.39 is 5.91 Å². The Morgan fingerprint density at radius 2 is 2.16 bits per heavy atom. The highest BCUT2D eigenvalue weighted by atomic mass is 16.2. The Kier molecular flexibility index (Phi) is 2.52. The molecule has 0 bridgehead atoms. The van der Waals surface area contributed by atoms with Crippen LogP contribution in [0.5, 0.6) is 0 Å². The highest BCUT2D eigenvalue weighted by Gasteiger charge is 2.29. The predicted octanol–water partition coefficient (Wildman–Crippen LogP) is 0.712. The molecule has 96 valence electrons. The fourth-order valence-corrected chi connectivity index (χ4v) is 1.97. The number of carbonyl (C=O) groups excluding carboxylic acids is 2. The molecule has 1 aliphatic rings. The molecule has 0 aliphatic carbocycles. The van der Waals surface area contributed by atoms with Crippen molar-refractivity contribution in [3.8, 4) is 0 Å². The van der Waals surface area contributed by atoms with Crippen LogP contribution < -0.4 is 10.2 Å². The van der Waals surface area contributed by atoms with Crippen molar-refractivity contribution in [2.24, 2.45) is 0 Å². The first-order valence-electron chi connectivity index (χ1n) is 5.75. The summed E-state index contributed by atoms with van der Waals surface area (Å²) in [6.07, 6.45) is 0. The third-order valence-corrected chi connectivity index (χ3v) is 2.80. The zero-order valence-corrected chi connectivity index (χ0v) is 10.2.